The molecule has 6 nitrogen and oxygen atoms in total. The molecule has 1 atom stereocenters. The molecule has 0 bridgehead atoms. The number of hydrogen-bond acceptors (Lipinski definition) is 6. The Bertz CT molecular complexity index is 1210. The van der Waals surface area contributed by atoms with Gasteiger partial charge in [0, 0.05) is 19.3 Å². The minimum Gasteiger partial charge on any atom is -0.462 e. The second-order valence-electron chi connectivity index (χ2n) is 21.7. The van der Waals surface area contributed by atoms with Crippen molar-refractivity contribution in [2.24, 2.45) is 0 Å². The predicted octanol–water partition coefficient (Wildman–Crippen LogP) is 21.6. The minimum atomic E-state index is -0.773. The van der Waals surface area contributed by atoms with Gasteiger partial charge in [0.15, 0.2) is 6.10 Å². The summed E-state index contributed by atoms with van der Waals surface area (Å²) >= 11 is 0. The van der Waals surface area contributed by atoms with Crippen molar-refractivity contribution in [1.29, 1.82) is 0 Å². The maximum atomic E-state index is 12.9. The fraction of sp³-hybridized carbons (Fsp3) is 0.864. The molecule has 0 spiro atoms. The Morgan fingerprint density at radius 3 is 0.819 bits per heavy atom. The zero-order valence-electron chi connectivity index (χ0n) is 48.5. The SMILES string of the molecule is CCCC/C=C\CCCCCCCC(=O)OCC(COC(=O)CCCCCCCCCCCCC/C=C\C/C=C\CCCCCCC)OC(=O)CCCCCCCCCCCCCCCCCCCCCC. The number of unbranched alkanes of at least 4 members (excludes halogenated alkanes) is 42. The van der Waals surface area contributed by atoms with Gasteiger partial charge in [-0.1, -0.05) is 295 Å². The summed E-state index contributed by atoms with van der Waals surface area (Å²) in [6.07, 6.45) is 74.4. The summed E-state index contributed by atoms with van der Waals surface area (Å²) in [7, 11) is 0. The van der Waals surface area contributed by atoms with E-state index in [4.69, 9.17) is 14.2 Å². The van der Waals surface area contributed by atoms with Crippen LogP contribution in [0.3, 0.4) is 0 Å². The van der Waals surface area contributed by atoms with E-state index in [9.17, 15) is 14.4 Å². The van der Waals surface area contributed by atoms with Crippen LogP contribution in [-0.4, -0.2) is 37.2 Å². The summed E-state index contributed by atoms with van der Waals surface area (Å²) in [6, 6.07) is 0. The number of allylic oxidation sites excluding steroid dienone is 6. The number of rotatable bonds is 59. The highest BCUT2D eigenvalue weighted by Crippen LogP contribution is 2.17. The highest BCUT2D eigenvalue weighted by Gasteiger charge is 2.19. The molecule has 0 aromatic rings. The maximum absolute atomic E-state index is 12.9. The van der Waals surface area contributed by atoms with E-state index in [2.05, 4.69) is 57.2 Å². The van der Waals surface area contributed by atoms with Crippen LogP contribution in [0, 0.1) is 0 Å². The first-order valence-electron chi connectivity index (χ1n) is 32.0. The lowest BCUT2D eigenvalue weighted by Gasteiger charge is -2.18. The number of hydrogen-bond donors (Lipinski definition) is 0. The summed E-state index contributed by atoms with van der Waals surface area (Å²) in [5, 5.41) is 0. The second-order valence-corrected chi connectivity index (χ2v) is 21.7. The van der Waals surface area contributed by atoms with Gasteiger partial charge in [0.25, 0.3) is 0 Å². The van der Waals surface area contributed by atoms with Crippen molar-refractivity contribution < 1.29 is 28.6 Å². The van der Waals surface area contributed by atoms with E-state index in [1.165, 1.54) is 238 Å². The fourth-order valence-corrected chi connectivity index (χ4v) is 9.52. The molecule has 0 saturated carbocycles. The number of carbonyl (C=O) groups excluding carboxylic acids is 3. The molecule has 0 rings (SSSR count). The summed E-state index contributed by atoms with van der Waals surface area (Å²) in [5.41, 5.74) is 0. The Labute approximate surface area is 448 Å². The minimum absolute atomic E-state index is 0.0718. The smallest absolute Gasteiger partial charge is 0.306 e. The van der Waals surface area contributed by atoms with Crippen LogP contribution in [0.1, 0.15) is 348 Å². The molecule has 6 heteroatoms. The third-order valence-electron chi connectivity index (χ3n) is 14.4. The van der Waals surface area contributed by atoms with Crippen LogP contribution in [0.15, 0.2) is 36.5 Å². The lowest BCUT2D eigenvalue weighted by Crippen LogP contribution is -2.30. The van der Waals surface area contributed by atoms with Crippen LogP contribution >= 0.6 is 0 Å². The maximum Gasteiger partial charge on any atom is 0.306 e. The summed E-state index contributed by atoms with van der Waals surface area (Å²) in [5.74, 6) is -0.861. The van der Waals surface area contributed by atoms with Gasteiger partial charge in [0.1, 0.15) is 13.2 Å². The lowest BCUT2D eigenvalue weighted by atomic mass is 10.0. The molecule has 0 aliphatic carbocycles. The lowest BCUT2D eigenvalue weighted by molar-refractivity contribution is -0.167. The molecule has 0 fully saturated rings. The van der Waals surface area contributed by atoms with Crippen molar-refractivity contribution in [2.75, 3.05) is 13.2 Å². The van der Waals surface area contributed by atoms with E-state index in [1.807, 2.05) is 0 Å². The average Bonchev–Trinajstić information content (AvgIpc) is 3.38. The van der Waals surface area contributed by atoms with Crippen LogP contribution in [0.2, 0.25) is 0 Å². The molecule has 0 saturated heterocycles. The van der Waals surface area contributed by atoms with E-state index in [0.717, 1.165) is 70.6 Å². The Morgan fingerprint density at radius 2 is 0.514 bits per heavy atom. The first kappa shape index (κ1) is 69.6. The van der Waals surface area contributed by atoms with Crippen molar-refractivity contribution in [3.63, 3.8) is 0 Å². The molecule has 0 aliphatic rings. The normalized spacial score (nSPS) is 12.2. The number of esters is 3. The van der Waals surface area contributed by atoms with Gasteiger partial charge in [-0.15, -0.1) is 0 Å². The molecule has 0 heterocycles. The van der Waals surface area contributed by atoms with Crippen molar-refractivity contribution in [1.82, 2.24) is 0 Å². The molecule has 1 unspecified atom stereocenters. The molecule has 0 aliphatic heterocycles. The topological polar surface area (TPSA) is 78.9 Å². The average molecular weight is 1010 g/mol. The molecule has 72 heavy (non-hydrogen) atoms. The molecule has 0 aromatic heterocycles. The van der Waals surface area contributed by atoms with Crippen LogP contribution in [0.5, 0.6) is 0 Å². The van der Waals surface area contributed by atoms with Crippen molar-refractivity contribution in [3.8, 4) is 0 Å². The Balaban J connectivity index is 4.24. The van der Waals surface area contributed by atoms with E-state index in [0.29, 0.717) is 19.3 Å². The monoisotopic (exact) mass is 1010 g/mol. The predicted molar refractivity (Wildman–Crippen MR) is 312 cm³/mol. The number of carbonyl (C=O) groups is 3. The van der Waals surface area contributed by atoms with Gasteiger partial charge in [0.05, 0.1) is 0 Å². The van der Waals surface area contributed by atoms with Gasteiger partial charge in [-0.3, -0.25) is 14.4 Å². The fourth-order valence-electron chi connectivity index (χ4n) is 9.52. The quantitative estimate of drug-likeness (QED) is 0.0261. The van der Waals surface area contributed by atoms with Crippen molar-refractivity contribution in [2.45, 2.75) is 354 Å². The standard InChI is InChI=1S/C66H122O6/c1-4-7-10-13-16-19-22-24-26-28-30-32-33-34-36-37-39-41-44-47-50-53-56-59-65(68)71-62-63(61-70-64(67)58-55-52-49-46-43-21-18-15-12-9-6-3)72-66(69)60-57-54-51-48-45-42-40-38-35-31-29-27-25-23-20-17-14-11-8-5-2/h15,18,22,24,28,30,63H,4-14,16-17,19-21,23,25-27,29,31-62H2,1-3H3/b18-15-,24-22-,30-28-. The van der Waals surface area contributed by atoms with Gasteiger partial charge in [-0.25, -0.2) is 0 Å². The van der Waals surface area contributed by atoms with E-state index >= 15 is 0 Å². The molecular formula is C66H122O6. The van der Waals surface area contributed by atoms with E-state index < -0.39 is 6.10 Å². The van der Waals surface area contributed by atoms with Crippen molar-refractivity contribution in [3.05, 3.63) is 36.5 Å². The highest BCUT2D eigenvalue weighted by atomic mass is 16.6. The largest absolute Gasteiger partial charge is 0.462 e. The van der Waals surface area contributed by atoms with E-state index in [1.54, 1.807) is 0 Å². The summed E-state index contributed by atoms with van der Waals surface area (Å²) < 4.78 is 16.9. The summed E-state index contributed by atoms with van der Waals surface area (Å²) in [4.78, 5) is 38.2. The van der Waals surface area contributed by atoms with Crippen LogP contribution in [0.25, 0.3) is 0 Å². The Kier molecular flexibility index (Phi) is 59.2. The molecule has 0 radical (unpaired) electrons. The van der Waals surface area contributed by atoms with Crippen LogP contribution in [0.4, 0.5) is 0 Å². The second kappa shape index (κ2) is 61.2. The zero-order valence-corrected chi connectivity index (χ0v) is 48.5. The Morgan fingerprint density at radius 1 is 0.278 bits per heavy atom. The third-order valence-corrected chi connectivity index (χ3v) is 14.4. The van der Waals surface area contributed by atoms with E-state index in [-0.39, 0.29) is 31.1 Å². The number of ether oxygens (including phenoxy) is 3. The Hall–Kier alpha value is -2.37. The third kappa shape index (κ3) is 58.5. The molecule has 422 valence electrons. The first-order chi connectivity index (χ1) is 35.5. The molecule has 0 amide bonds. The zero-order chi connectivity index (χ0) is 52.2. The van der Waals surface area contributed by atoms with Crippen LogP contribution < -0.4 is 0 Å². The van der Waals surface area contributed by atoms with Crippen LogP contribution in [-0.2, 0) is 28.6 Å². The van der Waals surface area contributed by atoms with Gasteiger partial charge >= 0.3 is 17.9 Å². The first-order valence-corrected chi connectivity index (χ1v) is 32.0. The summed E-state index contributed by atoms with van der Waals surface area (Å²) in [6.45, 7) is 6.64. The molecular weight excluding hydrogens is 889 g/mol. The van der Waals surface area contributed by atoms with Gasteiger partial charge in [-0.05, 0) is 70.6 Å². The molecule has 0 N–H and O–H groups in total. The van der Waals surface area contributed by atoms with Gasteiger partial charge in [0.2, 0.25) is 0 Å². The highest BCUT2D eigenvalue weighted by molar-refractivity contribution is 5.71. The van der Waals surface area contributed by atoms with Gasteiger partial charge < -0.3 is 14.2 Å². The molecule has 0 aromatic carbocycles. The van der Waals surface area contributed by atoms with Crippen molar-refractivity contribution >= 4 is 17.9 Å². The van der Waals surface area contributed by atoms with Gasteiger partial charge in [-0.2, -0.15) is 0 Å².